The Kier molecular flexibility index (Phi) is 4.11. The number of hydrogen-bond donors (Lipinski definition) is 3. The van der Waals surface area contributed by atoms with Gasteiger partial charge in [-0.3, -0.25) is 5.32 Å². The third-order valence-corrected chi connectivity index (χ3v) is 2.72. The Morgan fingerprint density at radius 2 is 2.29 bits per heavy atom. The van der Waals surface area contributed by atoms with E-state index in [9.17, 15) is 9.90 Å². The molecule has 6 nitrogen and oxygen atoms in total. The lowest BCUT2D eigenvalue weighted by molar-refractivity contribution is 0.0170. The number of hydrogen-bond acceptors (Lipinski definition) is 4. The average molecular weight is 241 g/mol. The maximum absolute atomic E-state index is 11.5. The predicted octanol–water partition coefficient (Wildman–Crippen LogP) is 1.51. The Bertz CT molecular complexity index is 385. The molecule has 0 saturated carbocycles. The Morgan fingerprint density at radius 1 is 1.65 bits per heavy atom. The second-order valence-electron chi connectivity index (χ2n) is 4.64. The van der Waals surface area contributed by atoms with E-state index in [4.69, 9.17) is 4.52 Å². The summed E-state index contributed by atoms with van der Waals surface area (Å²) < 4.78 is 4.81. The molecule has 0 fully saturated rings. The van der Waals surface area contributed by atoms with Gasteiger partial charge in [-0.2, -0.15) is 0 Å². The first-order valence-electron chi connectivity index (χ1n) is 5.52. The molecule has 1 aromatic rings. The van der Waals surface area contributed by atoms with Crippen molar-refractivity contribution in [3.05, 3.63) is 11.8 Å². The zero-order valence-electron chi connectivity index (χ0n) is 10.6. The van der Waals surface area contributed by atoms with Gasteiger partial charge in [0.2, 0.25) is 0 Å². The summed E-state index contributed by atoms with van der Waals surface area (Å²) >= 11 is 0. The van der Waals surface area contributed by atoms with Gasteiger partial charge < -0.3 is 14.9 Å². The maximum Gasteiger partial charge on any atom is 0.320 e. The molecule has 3 N–H and O–H groups in total. The normalized spacial score (nSPS) is 14.5. The van der Waals surface area contributed by atoms with E-state index in [1.54, 1.807) is 19.9 Å². The zero-order valence-corrected chi connectivity index (χ0v) is 10.6. The van der Waals surface area contributed by atoms with E-state index >= 15 is 0 Å². The minimum atomic E-state index is -0.933. The van der Waals surface area contributed by atoms with Crippen LogP contribution in [-0.2, 0) is 0 Å². The SMILES string of the molecule is Cc1cc(NC(=O)NC[C@](C)(O)C(C)C)no1. The summed E-state index contributed by atoms with van der Waals surface area (Å²) in [7, 11) is 0. The van der Waals surface area contributed by atoms with Gasteiger partial charge in [0.25, 0.3) is 0 Å². The number of nitrogens with one attached hydrogen (secondary N) is 2. The molecule has 6 heteroatoms. The molecule has 0 saturated heterocycles. The fourth-order valence-corrected chi connectivity index (χ4v) is 1.05. The van der Waals surface area contributed by atoms with Crippen molar-refractivity contribution in [3.8, 4) is 0 Å². The molecule has 0 unspecified atom stereocenters. The zero-order chi connectivity index (χ0) is 13.1. The van der Waals surface area contributed by atoms with Crippen LogP contribution in [0.4, 0.5) is 10.6 Å². The highest BCUT2D eigenvalue weighted by molar-refractivity contribution is 5.88. The molecule has 0 bridgehead atoms. The summed E-state index contributed by atoms with van der Waals surface area (Å²) in [6.45, 7) is 7.37. The molecule has 0 radical (unpaired) electrons. The molecule has 0 aliphatic rings. The van der Waals surface area contributed by atoms with Crippen LogP contribution < -0.4 is 10.6 Å². The molecule has 96 valence electrons. The summed E-state index contributed by atoms with van der Waals surface area (Å²) in [6.07, 6.45) is 0. The summed E-state index contributed by atoms with van der Waals surface area (Å²) in [4.78, 5) is 11.5. The molecule has 2 amide bonds. The van der Waals surface area contributed by atoms with Gasteiger partial charge in [-0.15, -0.1) is 0 Å². The van der Waals surface area contributed by atoms with Crippen molar-refractivity contribution in [2.45, 2.75) is 33.3 Å². The molecular formula is C11H19N3O3. The van der Waals surface area contributed by atoms with Crippen LogP contribution in [0.3, 0.4) is 0 Å². The molecule has 0 aliphatic heterocycles. The van der Waals surface area contributed by atoms with Gasteiger partial charge >= 0.3 is 6.03 Å². The Balaban J connectivity index is 2.41. The highest BCUT2D eigenvalue weighted by Crippen LogP contribution is 2.14. The van der Waals surface area contributed by atoms with Crippen molar-refractivity contribution in [2.24, 2.45) is 5.92 Å². The predicted molar refractivity (Wildman–Crippen MR) is 63.7 cm³/mol. The number of carbonyl (C=O) groups is 1. The van der Waals surface area contributed by atoms with Crippen LogP contribution in [0.1, 0.15) is 26.5 Å². The molecule has 1 atom stereocenters. The molecule has 0 aliphatic carbocycles. The highest BCUT2D eigenvalue weighted by Gasteiger charge is 2.25. The summed E-state index contributed by atoms with van der Waals surface area (Å²) in [5.74, 6) is 1.02. The van der Waals surface area contributed by atoms with Gasteiger partial charge in [0.05, 0.1) is 5.60 Å². The van der Waals surface area contributed by atoms with Crippen molar-refractivity contribution in [2.75, 3.05) is 11.9 Å². The van der Waals surface area contributed by atoms with E-state index in [1.165, 1.54) is 0 Å². The summed E-state index contributed by atoms with van der Waals surface area (Å²) in [5.41, 5.74) is -0.933. The third-order valence-electron chi connectivity index (χ3n) is 2.72. The molecule has 1 heterocycles. The molecule has 1 rings (SSSR count). The van der Waals surface area contributed by atoms with E-state index in [2.05, 4.69) is 15.8 Å². The van der Waals surface area contributed by atoms with Crippen LogP contribution >= 0.6 is 0 Å². The van der Waals surface area contributed by atoms with Gasteiger partial charge in [0.15, 0.2) is 5.82 Å². The van der Waals surface area contributed by atoms with Crippen molar-refractivity contribution in [1.82, 2.24) is 10.5 Å². The van der Waals surface area contributed by atoms with Gasteiger partial charge in [0, 0.05) is 12.6 Å². The largest absolute Gasteiger partial charge is 0.388 e. The number of nitrogens with zero attached hydrogens (tertiary/aromatic N) is 1. The van der Waals surface area contributed by atoms with Gasteiger partial charge in [-0.25, -0.2) is 4.79 Å². The van der Waals surface area contributed by atoms with Crippen molar-refractivity contribution in [1.29, 1.82) is 0 Å². The number of rotatable bonds is 4. The van der Waals surface area contributed by atoms with Crippen molar-refractivity contribution < 1.29 is 14.4 Å². The highest BCUT2D eigenvalue weighted by atomic mass is 16.5. The number of aromatic nitrogens is 1. The number of amides is 2. The van der Waals surface area contributed by atoms with Gasteiger partial charge in [-0.1, -0.05) is 19.0 Å². The fraction of sp³-hybridized carbons (Fsp3) is 0.636. The second kappa shape index (κ2) is 5.18. The third kappa shape index (κ3) is 4.07. The van der Waals surface area contributed by atoms with Crippen LogP contribution in [0.5, 0.6) is 0 Å². The molecule has 0 aromatic carbocycles. The minimum Gasteiger partial charge on any atom is -0.388 e. The Labute approximate surface area is 100 Å². The maximum atomic E-state index is 11.5. The minimum absolute atomic E-state index is 0.0529. The number of anilines is 1. The number of carbonyl (C=O) groups excluding carboxylic acids is 1. The molecule has 17 heavy (non-hydrogen) atoms. The Hall–Kier alpha value is -1.56. The van der Waals surface area contributed by atoms with E-state index in [0.29, 0.717) is 11.6 Å². The van der Waals surface area contributed by atoms with E-state index < -0.39 is 11.6 Å². The van der Waals surface area contributed by atoms with Crippen LogP contribution in [0.2, 0.25) is 0 Å². The lowest BCUT2D eigenvalue weighted by atomic mass is 9.93. The lowest BCUT2D eigenvalue weighted by Crippen LogP contribution is -2.45. The molecule has 0 spiro atoms. The molecule has 1 aromatic heterocycles. The summed E-state index contributed by atoms with van der Waals surface area (Å²) in [5, 5.41) is 18.6. The lowest BCUT2D eigenvalue weighted by Gasteiger charge is -2.27. The number of aliphatic hydroxyl groups is 1. The standard InChI is InChI=1S/C11H19N3O3/c1-7(2)11(4,16)6-12-10(15)13-9-5-8(3)17-14-9/h5,7,16H,6H2,1-4H3,(H2,12,13,14,15)/t11-/m0/s1. The van der Waals surface area contributed by atoms with Crippen LogP contribution in [0.15, 0.2) is 10.6 Å². The van der Waals surface area contributed by atoms with Crippen LogP contribution in [-0.4, -0.2) is 28.4 Å². The molecular weight excluding hydrogens is 222 g/mol. The first kappa shape index (κ1) is 13.5. The van der Waals surface area contributed by atoms with Crippen LogP contribution in [0, 0.1) is 12.8 Å². The van der Waals surface area contributed by atoms with E-state index in [0.717, 1.165) is 0 Å². The second-order valence-corrected chi connectivity index (χ2v) is 4.64. The van der Waals surface area contributed by atoms with E-state index in [1.807, 2.05) is 13.8 Å². The smallest absolute Gasteiger partial charge is 0.320 e. The van der Waals surface area contributed by atoms with Crippen molar-refractivity contribution in [3.63, 3.8) is 0 Å². The number of aryl methyl sites for hydroxylation is 1. The van der Waals surface area contributed by atoms with Crippen molar-refractivity contribution >= 4 is 11.8 Å². The summed E-state index contributed by atoms with van der Waals surface area (Å²) in [6, 6.07) is 1.19. The van der Waals surface area contributed by atoms with Gasteiger partial charge in [-0.05, 0) is 19.8 Å². The monoisotopic (exact) mass is 241 g/mol. The van der Waals surface area contributed by atoms with Gasteiger partial charge in [0.1, 0.15) is 5.76 Å². The Morgan fingerprint density at radius 3 is 2.76 bits per heavy atom. The quantitative estimate of drug-likeness (QED) is 0.745. The van der Waals surface area contributed by atoms with Crippen LogP contribution in [0.25, 0.3) is 0 Å². The topological polar surface area (TPSA) is 87.4 Å². The fourth-order valence-electron chi connectivity index (χ4n) is 1.05. The first-order valence-corrected chi connectivity index (χ1v) is 5.52. The average Bonchev–Trinajstić information content (AvgIpc) is 2.61. The first-order chi connectivity index (χ1) is 7.81. The number of urea groups is 1. The van der Waals surface area contributed by atoms with E-state index in [-0.39, 0.29) is 12.5 Å².